The van der Waals surface area contributed by atoms with Gasteiger partial charge >= 0.3 is 0 Å². The molecule has 0 bridgehead atoms. The lowest BCUT2D eigenvalue weighted by molar-refractivity contribution is -0.120. The van der Waals surface area contributed by atoms with Crippen molar-refractivity contribution < 1.29 is 13.2 Å². The van der Waals surface area contributed by atoms with E-state index in [1.165, 1.54) is 10.4 Å². The van der Waals surface area contributed by atoms with E-state index in [1.807, 2.05) is 31.2 Å². The first-order valence-electron chi connectivity index (χ1n) is 8.00. The number of thiophene rings is 1. The summed E-state index contributed by atoms with van der Waals surface area (Å²) in [5.74, 6) is -0.503. The molecule has 1 saturated heterocycles. The molecule has 1 N–H and O–H groups in total. The van der Waals surface area contributed by atoms with E-state index >= 15 is 0 Å². The first-order valence-corrected chi connectivity index (χ1v) is 10.6. The summed E-state index contributed by atoms with van der Waals surface area (Å²) >= 11 is 6.90. The Morgan fingerprint density at radius 1 is 1.28 bits per heavy atom. The van der Waals surface area contributed by atoms with Gasteiger partial charge in [0, 0.05) is 18.8 Å². The smallest absolute Gasteiger partial charge is 0.252 e. The molecule has 2 aromatic rings. The van der Waals surface area contributed by atoms with Gasteiger partial charge in [-0.25, -0.2) is 8.42 Å². The highest BCUT2D eigenvalue weighted by Gasteiger charge is 2.34. The molecule has 0 spiro atoms. The molecule has 25 heavy (non-hydrogen) atoms. The quantitative estimate of drug-likeness (QED) is 0.852. The Morgan fingerprint density at radius 3 is 2.72 bits per heavy atom. The van der Waals surface area contributed by atoms with Gasteiger partial charge in [0.1, 0.15) is 4.21 Å². The molecule has 0 saturated carbocycles. The third-order valence-corrected chi connectivity index (χ3v) is 7.86. The molecule has 0 radical (unpaired) electrons. The predicted octanol–water partition coefficient (Wildman–Crippen LogP) is 3.75. The van der Waals surface area contributed by atoms with Crippen molar-refractivity contribution in [3.8, 4) is 0 Å². The molecule has 8 heteroatoms. The third kappa shape index (κ3) is 4.06. The van der Waals surface area contributed by atoms with E-state index in [0.29, 0.717) is 23.7 Å². The van der Waals surface area contributed by atoms with Crippen LogP contribution in [0.2, 0.25) is 4.34 Å². The predicted molar refractivity (Wildman–Crippen MR) is 101 cm³/mol. The molecule has 1 unspecified atom stereocenters. The number of carbonyl (C=O) groups is 1. The van der Waals surface area contributed by atoms with Crippen LogP contribution < -0.4 is 5.32 Å². The average Bonchev–Trinajstić information content (AvgIpc) is 3.04. The van der Waals surface area contributed by atoms with Crippen LogP contribution in [0.5, 0.6) is 0 Å². The van der Waals surface area contributed by atoms with Crippen LogP contribution in [0.15, 0.2) is 40.6 Å². The third-order valence-electron chi connectivity index (χ3n) is 4.30. The van der Waals surface area contributed by atoms with E-state index in [0.717, 1.165) is 22.6 Å². The van der Waals surface area contributed by atoms with Crippen LogP contribution in [0.1, 0.15) is 18.4 Å². The molecule has 0 aliphatic carbocycles. The van der Waals surface area contributed by atoms with Crippen molar-refractivity contribution >= 4 is 44.6 Å². The topological polar surface area (TPSA) is 66.5 Å². The van der Waals surface area contributed by atoms with Gasteiger partial charge in [-0.3, -0.25) is 4.79 Å². The normalized spacial score (nSPS) is 18.9. The lowest BCUT2D eigenvalue weighted by Crippen LogP contribution is -2.43. The van der Waals surface area contributed by atoms with Crippen molar-refractivity contribution in [1.82, 2.24) is 4.31 Å². The second kappa shape index (κ2) is 7.45. The largest absolute Gasteiger partial charge is 0.326 e. The lowest BCUT2D eigenvalue weighted by atomic mass is 9.98. The monoisotopic (exact) mass is 398 g/mol. The first kappa shape index (κ1) is 18.4. The van der Waals surface area contributed by atoms with Crippen molar-refractivity contribution in [2.75, 3.05) is 18.4 Å². The van der Waals surface area contributed by atoms with E-state index in [-0.39, 0.29) is 22.6 Å². The zero-order chi connectivity index (χ0) is 18.0. The molecule has 134 valence electrons. The zero-order valence-electron chi connectivity index (χ0n) is 13.7. The second-order valence-corrected chi connectivity index (χ2v) is 9.94. The fourth-order valence-electron chi connectivity index (χ4n) is 2.89. The Kier molecular flexibility index (Phi) is 5.48. The number of hydrogen-bond donors (Lipinski definition) is 1. The number of nitrogens with zero attached hydrogens (tertiary/aromatic N) is 1. The minimum atomic E-state index is -3.60. The van der Waals surface area contributed by atoms with Crippen LogP contribution in [0.25, 0.3) is 0 Å². The number of halogens is 1. The zero-order valence-corrected chi connectivity index (χ0v) is 16.1. The standard InChI is InChI=1S/C17H19ClN2O3S2/c1-12-5-2-3-7-14(12)19-17(21)13-6-4-10-20(11-13)25(22,23)16-9-8-15(18)24-16/h2-3,5,7-9,13H,4,6,10-11H2,1H3,(H,19,21). The Balaban J connectivity index is 1.73. The minimum absolute atomic E-state index is 0.140. The van der Waals surface area contributed by atoms with Crippen molar-refractivity contribution in [3.63, 3.8) is 0 Å². The van der Waals surface area contributed by atoms with E-state index < -0.39 is 10.0 Å². The van der Waals surface area contributed by atoms with Gasteiger partial charge in [-0.05, 0) is 43.5 Å². The Hall–Kier alpha value is -1.41. The number of amides is 1. The van der Waals surface area contributed by atoms with E-state index in [2.05, 4.69) is 5.32 Å². The molecular weight excluding hydrogens is 380 g/mol. The number of para-hydroxylation sites is 1. The van der Waals surface area contributed by atoms with Crippen LogP contribution in [0.4, 0.5) is 5.69 Å². The highest BCUT2D eigenvalue weighted by molar-refractivity contribution is 7.91. The van der Waals surface area contributed by atoms with Crippen LogP contribution in [0.3, 0.4) is 0 Å². The van der Waals surface area contributed by atoms with Crippen LogP contribution in [-0.2, 0) is 14.8 Å². The van der Waals surface area contributed by atoms with Gasteiger partial charge in [-0.1, -0.05) is 29.8 Å². The molecule has 1 atom stereocenters. The number of anilines is 1. The number of rotatable bonds is 4. The maximum absolute atomic E-state index is 12.7. The number of piperidine rings is 1. The molecule has 5 nitrogen and oxygen atoms in total. The highest BCUT2D eigenvalue weighted by Crippen LogP contribution is 2.31. The highest BCUT2D eigenvalue weighted by atomic mass is 35.5. The van der Waals surface area contributed by atoms with Gasteiger partial charge in [0.15, 0.2) is 0 Å². The number of hydrogen-bond acceptors (Lipinski definition) is 4. The maximum Gasteiger partial charge on any atom is 0.252 e. The first-order chi connectivity index (χ1) is 11.9. The van der Waals surface area contributed by atoms with Crippen molar-refractivity contribution in [2.24, 2.45) is 5.92 Å². The molecule has 1 aliphatic heterocycles. The van der Waals surface area contributed by atoms with Gasteiger partial charge in [0.05, 0.1) is 10.3 Å². The molecule has 1 aromatic heterocycles. The number of benzene rings is 1. The summed E-state index contributed by atoms with van der Waals surface area (Å²) in [5.41, 5.74) is 1.74. The van der Waals surface area contributed by atoms with Gasteiger partial charge in [-0.15, -0.1) is 11.3 Å². The second-order valence-electron chi connectivity index (χ2n) is 6.06. The summed E-state index contributed by atoms with van der Waals surface area (Å²) in [6.07, 6.45) is 1.33. The van der Waals surface area contributed by atoms with Gasteiger partial charge in [0.25, 0.3) is 10.0 Å². The van der Waals surface area contributed by atoms with E-state index in [4.69, 9.17) is 11.6 Å². The Bertz CT molecular complexity index is 880. The summed E-state index contributed by atoms with van der Waals surface area (Å²) < 4.78 is 27.5. The lowest BCUT2D eigenvalue weighted by Gasteiger charge is -2.30. The van der Waals surface area contributed by atoms with Crippen molar-refractivity contribution in [1.29, 1.82) is 0 Å². The van der Waals surface area contributed by atoms with Crippen LogP contribution in [-0.4, -0.2) is 31.7 Å². The summed E-state index contributed by atoms with van der Waals surface area (Å²) in [6, 6.07) is 10.6. The summed E-state index contributed by atoms with van der Waals surface area (Å²) in [5, 5.41) is 2.92. The van der Waals surface area contributed by atoms with E-state index in [9.17, 15) is 13.2 Å². The maximum atomic E-state index is 12.7. The van der Waals surface area contributed by atoms with Crippen molar-refractivity contribution in [3.05, 3.63) is 46.3 Å². The molecule has 1 aliphatic rings. The SMILES string of the molecule is Cc1ccccc1NC(=O)C1CCCN(S(=O)(=O)c2ccc(Cl)s2)C1. The average molecular weight is 399 g/mol. The summed E-state index contributed by atoms with van der Waals surface area (Å²) in [7, 11) is -3.60. The number of aryl methyl sites for hydroxylation is 1. The summed E-state index contributed by atoms with van der Waals surface area (Å²) in [6.45, 7) is 2.54. The molecule has 1 fully saturated rings. The Labute approximate surface area is 156 Å². The van der Waals surface area contributed by atoms with E-state index in [1.54, 1.807) is 6.07 Å². The van der Waals surface area contributed by atoms with Crippen molar-refractivity contribution in [2.45, 2.75) is 24.0 Å². The number of nitrogens with one attached hydrogen (secondary N) is 1. The number of sulfonamides is 1. The minimum Gasteiger partial charge on any atom is -0.326 e. The van der Waals surface area contributed by atoms with Gasteiger partial charge in [0.2, 0.25) is 5.91 Å². The van der Waals surface area contributed by atoms with Crippen LogP contribution in [0, 0.1) is 12.8 Å². The molecular formula is C17H19ClN2O3S2. The molecule has 1 aromatic carbocycles. The number of carbonyl (C=O) groups excluding carboxylic acids is 1. The molecule has 1 amide bonds. The Morgan fingerprint density at radius 2 is 2.04 bits per heavy atom. The molecule has 3 rings (SSSR count). The van der Waals surface area contributed by atoms with Gasteiger partial charge < -0.3 is 5.32 Å². The molecule has 2 heterocycles. The summed E-state index contributed by atoms with van der Waals surface area (Å²) in [4.78, 5) is 12.6. The fourth-order valence-corrected chi connectivity index (χ4v) is 6.05. The fraction of sp³-hybridized carbons (Fsp3) is 0.353. The van der Waals surface area contributed by atoms with Gasteiger partial charge in [-0.2, -0.15) is 4.31 Å². The van der Waals surface area contributed by atoms with Crippen LogP contribution >= 0.6 is 22.9 Å².